The summed E-state index contributed by atoms with van der Waals surface area (Å²) in [5.74, 6) is 0.0495. The topological polar surface area (TPSA) is 72.2 Å². The lowest BCUT2D eigenvalue weighted by Gasteiger charge is -2.24. The number of rotatable bonds is 3. The maximum atomic E-state index is 11.7. The molecule has 0 saturated heterocycles. The van der Waals surface area contributed by atoms with Crippen molar-refractivity contribution >= 4 is 17.3 Å². The van der Waals surface area contributed by atoms with E-state index in [1.165, 1.54) is 6.07 Å². The number of carbonyl (C=O) groups is 1. The highest BCUT2D eigenvalue weighted by molar-refractivity contribution is 5.94. The van der Waals surface area contributed by atoms with Gasteiger partial charge in [0.1, 0.15) is 0 Å². The van der Waals surface area contributed by atoms with Gasteiger partial charge >= 0.3 is 0 Å². The average Bonchev–Trinajstić information content (AvgIpc) is 2.18. The molecule has 1 N–H and O–H groups in total. The van der Waals surface area contributed by atoms with Crippen LogP contribution in [-0.2, 0) is 4.79 Å². The van der Waals surface area contributed by atoms with Crippen LogP contribution in [0.1, 0.15) is 24.8 Å². The number of nitrogens with one attached hydrogen (secondary N) is 1. The van der Waals surface area contributed by atoms with E-state index in [0.717, 1.165) is 19.3 Å². The van der Waals surface area contributed by atoms with E-state index in [9.17, 15) is 14.9 Å². The highest BCUT2D eigenvalue weighted by Gasteiger charge is 2.26. The number of carbonyl (C=O) groups excluding carboxylic acids is 1. The molecule has 0 unspecified atom stereocenters. The fourth-order valence-electron chi connectivity index (χ4n) is 1.86. The summed E-state index contributed by atoms with van der Waals surface area (Å²) in [6.45, 7) is 1.65. The molecule has 0 bridgehead atoms. The third kappa shape index (κ3) is 2.27. The minimum Gasteiger partial charge on any atom is -0.325 e. The number of benzene rings is 1. The second kappa shape index (κ2) is 4.53. The number of anilines is 1. The predicted octanol–water partition coefficient (Wildman–Crippen LogP) is 2.64. The normalized spacial score (nSPS) is 15.1. The molecule has 0 atom stereocenters. The molecule has 0 radical (unpaired) electrons. The zero-order chi connectivity index (χ0) is 12.4. The Kier molecular flexibility index (Phi) is 3.08. The first-order valence-electron chi connectivity index (χ1n) is 5.64. The minimum atomic E-state index is -0.436. The largest absolute Gasteiger partial charge is 0.325 e. The predicted molar refractivity (Wildman–Crippen MR) is 63.8 cm³/mol. The lowest BCUT2D eigenvalue weighted by molar-refractivity contribution is -0.385. The Morgan fingerprint density at radius 1 is 1.47 bits per heavy atom. The van der Waals surface area contributed by atoms with Gasteiger partial charge in [-0.3, -0.25) is 14.9 Å². The number of nitrogens with zero attached hydrogens (tertiary/aromatic N) is 1. The van der Waals surface area contributed by atoms with Crippen LogP contribution in [0, 0.1) is 23.0 Å². The van der Waals surface area contributed by atoms with Crippen molar-refractivity contribution in [3.05, 3.63) is 33.9 Å². The Balaban J connectivity index is 2.18. The highest BCUT2D eigenvalue weighted by Crippen LogP contribution is 2.30. The van der Waals surface area contributed by atoms with Crippen LogP contribution < -0.4 is 5.32 Å². The number of hydrogen-bond acceptors (Lipinski definition) is 3. The van der Waals surface area contributed by atoms with Crippen molar-refractivity contribution < 1.29 is 9.72 Å². The Bertz CT molecular complexity index is 467. The molecule has 1 aromatic carbocycles. The Morgan fingerprint density at radius 2 is 2.18 bits per heavy atom. The molecule has 0 spiro atoms. The van der Waals surface area contributed by atoms with E-state index in [1.54, 1.807) is 19.1 Å². The van der Waals surface area contributed by atoms with Crippen LogP contribution >= 0.6 is 0 Å². The fourth-order valence-corrected chi connectivity index (χ4v) is 1.86. The number of hydrogen-bond donors (Lipinski definition) is 1. The molecule has 90 valence electrons. The molecule has 1 aliphatic carbocycles. The van der Waals surface area contributed by atoms with Gasteiger partial charge in [-0.25, -0.2) is 0 Å². The fraction of sp³-hybridized carbons (Fsp3) is 0.417. The van der Waals surface area contributed by atoms with Gasteiger partial charge in [-0.2, -0.15) is 0 Å². The summed E-state index contributed by atoms with van der Waals surface area (Å²) in [4.78, 5) is 22.1. The number of nitro groups is 1. The summed E-state index contributed by atoms with van der Waals surface area (Å²) < 4.78 is 0. The van der Waals surface area contributed by atoms with E-state index < -0.39 is 4.92 Å². The van der Waals surface area contributed by atoms with Crippen LogP contribution in [0.5, 0.6) is 0 Å². The average molecular weight is 234 g/mol. The summed E-state index contributed by atoms with van der Waals surface area (Å²) in [6.07, 6.45) is 2.92. The summed E-state index contributed by atoms with van der Waals surface area (Å²) in [6, 6.07) is 4.72. The maximum Gasteiger partial charge on any atom is 0.274 e. The van der Waals surface area contributed by atoms with Crippen molar-refractivity contribution in [1.82, 2.24) is 0 Å². The van der Waals surface area contributed by atoms with Crippen molar-refractivity contribution in [2.24, 2.45) is 5.92 Å². The lowest BCUT2D eigenvalue weighted by atomic mass is 9.85. The molecule has 1 saturated carbocycles. The summed E-state index contributed by atoms with van der Waals surface area (Å²) in [5.41, 5.74) is 1.08. The summed E-state index contributed by atoms with van der Waals surface area (Å²) in [5, 5.41) is 13.5. The zero-order valence-corrected chi connectivity index (χ0v) is 9.60. The van der Waals surface area contributed by atoms with E-state index >= 15 is 0 Å². The first-order chi connectivity index (χ1) is 8.09. The van der Waals surface area contributed by atoms with E-state index in [0.29, 0.717) is 11.3 Å². The van der Waals surface area contributed by atoms with Crippen molar-refractivity contribution in [2.75, 3.05) is 5.32 Å². The van der Waals surface area contributed by atoms with Crippen LogP contribution in [-0.4, -0.2) is 10.8 Å². The first-order valence-corrected chi connectivity index (χ1v) is 5.64. The van der Waals surface area contributed by atoms with E-state index in [-0.39, 0.29) is 17.5 Å². The van der Waals surface area contributed by atoms with Gasteiger partial charge in [-0.15, -0.1) is 0 Å². The molecule has 0 aromatic heterocycles. The zero-order valence-electron chi connectivity index (χ0n) is 9.60. The molecule has 1 aliphatic rings. The van der Waals surface area contributed by atoms with Gasteiger partial charge in [0.15, 0.2) is 0 Å². The first kappa shape index (κ1) is 11.6. The Hall–Kier alpha value is -1.91. The molecular formula is C12H14N2O3. The van der Waals surface area contributed by atoms with Gasteiger partial charge in [-0.1, -0.05) is 12.5 Å². The van der Waals surface area contributed by atoms with Gasteiger partial charge in [0, 0.05) is 12.0 Å². The van der Waals surface area contributed by atoms with Crippen LogP contribution in [0.3, 0.4) is 0 Å². The standard InChI is InChI=1S/C12H14N2O3/c1-8-10(6-3-7-11(8)14(16)17)13-12(15)9-4-2-5-9/h3,6-7,9H,2,4-5H2,1H3,(H,13,15). The SMILES string of the molecule is Cc1c(NC(=O)C2CCC2)cccc1[N+](=O)[O-]. The second-order valence-electron chi connectivity index (χ2n) is 4.32. The van der Waals surface area contributed by atoms with Crippen LogP contribution in [0.4, 0.5) is 11.4 Å². The summed E-state index contributed by atoms with van der Waals surface area (Å²) >= 11 is 0. The molecule has 0 heterocycles. The van der Waals surface area contributed by atoms with Gasteiger partial charge in [0.25, 0.3) is 5.69 Å². The van der Waals surface area contributed by atoms with E-state index in [2.05, 4.69) is 5.32 Å². The molecule has 5 heteroatoms. The maximum absolute atomic E-state index is 11.7. The van der Waals surface area contributed by atoms with Crippen molar-refractivity contribution in [2.45, 2.75) is 26.2 Å². The molecule has 1 aromatic rings. The second-order valence-corrected chi connectivity index (χ2v) is 4.32. The van der Waals surface area contributed by atoms with E-state index in [4.69, 9.17) is 0 Å². The lowest BCUT2D eigenvalue weighted by Crippen LogP contribution is -2.28. The summed E-state index contributed by atoms with van der Waals surface area (Å²) in [7, 11) is 0. The number of amides is 1. The monoisotopic (exact) mass is 234 g/mol. The van der Waals surface area contributed by atoms with Gasteiger partial charge < -0.3 is 5.32 Å². The van der Waals surface area contributed by atoms with Crippen LogP contribution in [0.15, 0.2) is 18.2 Å². The van der Waals surface area contributed by atoms with Gasteiger partial charge in [0.05, 0.1) is 16.2 Å². The van der Waals surface area contributed by atoms with Crippen molar-refractivity contribution in [3.63, 3.8) is 0 Å². The molecule has 0 aliphatic heterocycles. The van der Waals surface area contributed by atoms with Crippen LogP contribution in [0.25, 0.3) is 0 Å². The number of nitro benzene ring substituents is 1. The molecule has 2 rings (SSSR count). The van der Waals surface area contributed by atoms with Crippen molar-refractivity contribution in [1.29, 1.82) is 0 Å². The highest BCUT2D eigenvalue weighted by atomic mass is 16.6. The van der Waals surface area contributed by atoms with E-state index in [1.807, 2.05) is 0 Å². The van der Waals surface area contributed by atoms with Gasteiger partial charge in [-0.05, 0) is 25.8 Å². The molecule has 1 fully saturated rings. The van der Waals surface area contributed by atoms with Crippen LogP contribution in [0.2, 0.25) is 0 Å². The Labute approximate surface area is 99.0 Å². The third-order valence-electron chi connectivity index (χ3n) is 3.24. The molecule has 1 amide bonds. The Morgan fingerprint density at radius 3 is 2.71 bits per heavy atom. The third-order valence-corrected chi connectivity index (χ3v) is 3.24. The van der Waals surface area contributed by atoms with Crippen molar-refractivity contribution in [3.8, 4) is 0 Å². The molecular weight excluding hydrogens is 220 g/mol. The quantitative estimate of drug-likeness (QED) is 0.645. The van der Waals surface area contributed by atoms with Gasteiger partial charge in [0.2, 0.25) is 5.91 Å². The molecule has 17 heavy (non-hydrogen) atoms. The smallest absolute Gasteiger partial charge is 0.274 e. The minimum absolute atomic E-state index is 0.0279. The molecule has 5 nitrogen and oxygen atoms in total.